The van der Waals surface area contributed by atoms with Crippen LogP contribution in [-0.2, 0) is 19.2 Å². The first-order chi connectivity index (χ1) is 5.79. The van der Waals surface area contributed by atoms with Gasteiger partial charge < -0.3 is 4.84 Å². The summed E-state index contributed by atoms with van der Waals surface area (Å²) in [6, 6.07) is 0. The van der Waals surface area contributed by atoms with Gasteiger partial charge in [-0.25, -0.2) is 4.79 Å². The van der Waals surface area contributed by atoms with Crippen LogP contribution in [0.3, 0.4) is 0 Å². The summed E-state index contributed by atoms with van der Waals surface area (Å²) >= 11 is 0. The summed E-state index contributed by atoms with van der Waals surface area (Å²) in [5, 5.41) is 0.369. The van der Waals surface area contributed by atoms with Crippen molar-refractivity contribution in [1.82, 2.24) is 5.06 Å². The second-order valence-electron chi connectivity index (χ2n) is 3.58. The highest BCUT2D eigenvalue weighted by Crippen LogP contribution is 2.15. The Hall–Kier alpha value is -1.39. The maximum absolute atomic E-state index is 11.2. The maximum Gasteiger partial charge on any atom is 0.338 e. The van der Waals surface area contributed by atoms with Crippen LogP contribution >= 0.6 is 0 Å². The lowest BCUT2D eigenvalue weighted by Gasteiger charge is -2.19. The number of carbonyl (C=O) groups excluding carboxylic acids is 3. The zero-order valence-electron chi connectivity index (χ0n) is 8.16. The van der Waals surface area contributed by atoms with Crippen molar-refractivity contribution in [1.29, 1.82) is 0 Å². The Morgan fingerprint density at radius 3 is 2.00 bits per heavy atom. The molecule has 0 heterocycles. The van der Waals surface area contributed by atoms with Crippen molar-refractivity contribution in [3.8, 4) is 0 Å². The van der Waals surface area contributed by atoms with Gasteiger partial charge in [0.2, 0.25) is 0 Å². The van der Waals surface area contributed by atoms with Crippen LogP contribution in [-0.4, -0.2) is 23.3 Å². The second-order valence-corrected chi connectivity index (χ2v) is 3.58. The van der Waals surface area contributed by atoms with Crippen molar-refractivity contribution in [3.05, 3.63) is 0 Å². The van der Waals surface area contributed by atoms with E-state index in [0.29, 0.717) is 5.06 Å². The topological polar surface area (TPSA) is 63.7 Å². The van der Waals surface area contributed by atoms with E-state index in [0.717, 1.165) is 6.92 Å². The Labute approximate surface area is 76.6 Å². The molecule has 5 heteroatoms. The predicted octanol–water partition coefficient (Wildman–Crippen LogP) is 0.496. The SMILES string of the molecule is CC(=O)N(C=O)OC(=O)C(C)(C)C. The van der Waals surface area contributed by atoms with Gasteiger partial charge in [-0.15, -0.1) is 5.06 Å². The molecule has 0 saturated carbocycles. The third-order valence-corrected chi connectivity index (χ3v) is 1.20. The molecule has 0 aromatic rings. The van der Waals surface area contributed by atoms with Gasteiger partial charge in [-0.05, 0) is 20.8 Å². The minimum absolute atomic E-state index is 0.159. The van der Waals surface area contributed by atoms with E-state index in [-0.39, 0.29) is 6.41 Å². The molecule has 0 radical (unpaired) electrons. The van der Waals surface area contributed by atoms with Gasteiger partial charge in [-0.2, -0.15) is 0 Å². The first-order valence-corrected chi connectivity index (χ1v) is 3.76. The molecule has 0 aliphatic heterocycles. The molecular weight excluding hydrogens is 174 g/mol. The lowest BCUT2D eigenvalue weighted by molar-refractivity contribution is -0.201. The normalized spacial score (nSPS) is 10.5. The molecule has 0 spiro atoms. The molecule has 0 unspecified atom stereocenters. The Balaban J connectivity index is 4.35. The summed E-state index contributed by atoms with van der Waals surface area (Å²) in [6.45, 7) is 6.00. The molecule has 0 fully saturated rings. The van der Waals surface area contributed by atoms with Crippen LogP contribution in [0, 0.1) is 5.41 Å². The van der Waals surface area contributed by atoms with E-state index in [4.69, 9.17) is 0 Å². The number of hydrogen-bond donors (Lipinski definition) is 0. The number of hydrogen-bond acceptors (Lipinski definition) is 4. The van der Waals surface area contributed by atoms with Crippen molar-refractivity contribution in [2.24, 2.45) is 5.41 Å². The lowest BCUT2D eigenvalue weighted by Crippen LogP contribution is -2.35. The van der Waals surface area contributed by atoms with Crippen LogP contribution in [0.15, 0.2) is 0 Å². The molecule has 5 nitrogen and oxygen atoms in total. The largest absolute Gasteiger partial charge is 0.338 e. The van der Waals surface area contributed by atoms with Crippen LogP contribution in [0.25, 0.3) is 0 Å². The van der Waals surface area contributed by atoms with Crippen LogP contribution in [0.4, 0.5) is 0 Å². The van der Waals surface area contributed by atoms with Gasteiger partial charge in [0, 0.05) is 6.92 Å². The van der Waals surface area contributed by atoms with E-state index in [1.807, 2.05) is 0 Å². The average Bonchev–Trinajstić information content (AvgIpc) is 1.96. The minimum Gasteiger partial charge on any atom is -0.330 e. The van der Waals surface area contributed by atoms with Crippen LogP contribution < -0.4 is 0 Å². The smallest absolute Gasteiger partial charge is 0.330 e. The van der Waals surface area contributed by atoms with E-state index in [1.54, 1.807) is 20.8 Å². The van der Waals surface area contributed by atoms with E-state index >= 15 is 0 Å². The molecule has 13 heavy (non-hydrogen) atoms. The third kappa shape index (κ3) is 3.68. The molecule has 0 atom stereocenters. The molecule has 0 N–H and O–H groups in total. The number of nitrogens with zero attached hydrogens (tertiary/aromatic N) is 1. The molecule has 0 aromatic carbocycles. The molecule has 74 valence electrons. The van der Waals surface area contributed by atoms with Crippen LogP contribution in [0.2, 0.25) is 0 Å². The molecule has 0 saturated heterocycles. The van der Waals surface area contributed by atoms with Crippen molar-refractivity contribution in [3.63, 3.8) is 0 Å². The Bertz CT molecular complexity index is 229. The molecule has 0 rings (SSSR count). The average molecular weight is 187 g/mol. The fourth-order valence-corrected chi connectivity index (χ4v) is 0.386. The maximum atomic E-state index is 11.2. The summed E-state index contributed by atoms with van der Waals surface area (Å²) < 4.78 is 0. The highest BCUT2D eigenvalue weighted by Gasteiger charge is 2.26. The summed E-state index contributed by atoms with van der Waals surface area (Å²) in [7, 11) is 0. The van der Waals surface area contributed by atoms with E-state index in [1.165, 1.54) is 0 Å². The molecule has 0 bridgehead atoms. The highest BCUT2D eigenvalue weighted by atomic mass is 16.7. The van der Waals surface area contributed by atoms with Crippen LogP contribution in [0.5, 0.6) is 0 Å². The minimum atomic E-state index is -0.739. The number of carbonyl (C=O) groups is 3. The standard InChI is InChI=1S/C8H13NO4/c1-6(11)9(5-10)13-7(12)8(2,3)4/h5H,1-4H3. The zero-order chi connectivity index (χ0) is 10.6. The van der Waals surface area contributed by atoms with Crippen molar-refractivity contribution in [2.75, 3.05) is 0 Å². The summed E-state index contributed by atoms with van der Waals surface area (Å²) in [5.41, 5.74) is -0.739. The number of imide groups is 1. The van der Waals surface area contributed by atoms with E-state index in [2.05, 4.69) is 4.84 Å². The quantitative estimate of drug-likeness (QED) is 0.443. The van der Waals surface area contributed by atoms with Gasteiger partial charge in [0.15, 0.2) is 0 Å². The Kier molecular flexibility index (Phi) is 3.59. The summed E-state index contributed by atoms with van der Waals surface area (Å²) in [4.78, 5) is 36.6. The molecule has 0 aromatic heterocycles. The highest BCUT2D eigenvalue weighted by molar-refractivity contribution is 5.85. The fraction of sp³-hybridized carbons (Fsp3) is 0.625. The number of hydroxylamine groups is 2. The van der Waals surface area contributed by atoms with Gasteiger partial charge in [0.25, 0.3) is 12.3 Å². The molecule has 0 aliphatic rings. The number of rotatable bonds is 1. The summed E-state index contributed by atoms with van der Waals surface area (Å²) in [6.07, 6.45) is 0.159. The third-order valence-electron chi connectivity index (χ3n) is 1.20. The Morgan fingerprint density at radius 2 is 1.77 bits per heavy atom. The van der Waals surface area contributed by atoms with Crippen molar-refractivity contribution >= 4 is 18.3 Å². The fourth-order valence-electron chi connectivity index (χ4n) is 0.386. The zero-order valence-corrected chi connectivity index (χ0v) is 8.16. The van der Waals surface area contributed by atoms with Crippen LogP contribution in [0.1, 0.15) is 27.7 Å². The lowest BCUT2D eigenvalue weighted by atomic mass is 9.98. The molecule has 0 aliphatic carbocycles. The molecule has 2 amide bonds. The second kappa shape index (κ2) is 4.02. The summed E-state index contributed by atoms with van der Waals surface area (Å²) in [5.74, 6) is -1.26. The Morgan fingerprint density at radius 1 is 1.31 bits per heavy atom. The van der Waals surface area contributed by atoms with E-state index in [9.17, 15) is 14.4 Å². The van der Waals surface area contributed by atoms with Gasteiger partial charge in [-0.1, -0.05) is 0 Å². The monoisotopic (exact) mass is 187 g/mol. The molecular formula is C8H13NO4. The van der Waals surface area contributed by atoms with Crippen molar-refractivity contribution in [2.45, 2.75) is 27.7 Å². The number of amides is 2. The first-order valence-electron chi connectivity index (χ1n) is 3.76. The van der Waals surface area contributed by atoms with Gasteiger partial charge >= 0.3 is 5.97 Å². The van der Waals surface area contributed by atoms with Gasteiger partial charge in [-0.3, -0.25) is 9.59 Å². The predicted molar refractivity (Wildman–Crippen MR) is 44.1 cm³/mol. The van der Waals surface area contributed by atoms with Gasteiger partial charge in [0.1, 0.15) is 0 Å². The first kappa shape index (κ1) is 11.6. The van der Waals surface area contributed by atoms with E-state index < -0.39 is 17.3 Å². The van der Waals surface area contributed by atoms with Gasteiger partial charge in [0.05, 0.1) is 5.41 Å². The van der Waals surface area contributed by atoms with Crippen molar-refractivity contribution < 1.29 is 19.2 Å².